The lowest BCUT2D eigenvalue weighted by atomic mass is 9.82. The third kappa shape index (κ3) is 5.13. The fraction of sp³-hybridized carbons (Fsp3) is 0.938. The number of ether oxygens (including phenoxy) is 1. The van der Waals surface area contributed by atoms with Crippen LogP contribution in [0.5, 0.6) is 0 Å². The number of likely N-dealkylation sites (tertiary alicyclic amines) is 1. The summed E-state index contributed by atoms with van der Waals surface area (Å²) in [7, 11) is 0. The number of carbonyl (C=O) groups excluding carboxylic acids is 1. The third-order valence-electron chi connectivity index (χ3n) is 4.21. The van der Waals surface area contributed by atoms with E-state index in [1.807, 2.05) is 20.8 Å². The lowest BCUT2D eigenvalue weighted by molar-refractivity contribution is -0.145. The van der Waals surface area contributed by atoms with Gasteiger partial charge in [0.15, 0.2) is 0 Å². The van der Waals surface area contributed by atoms with E-state index in [-0.39, 0.29) is 11.9 Å². The van der Waals surface area contributed by atoms with Crippen molar-refractivity contribution >= 4 is 5.97 Å². The topological polar surface area (TPSA) is 29.5 Å². The molecule has 0 amide bonds. The van der Waals surface area contributed by atoms with Crippen LogP contribution in [-0.2, 0) is 9.53 Å². The number of hydrogen-bond donors (Lipinski definition) is 0. The molecule has 0 spiro atoms. The molecule has 1 saturated carbocycles. The Balaban J connectivity index is 0.000000861. The SMILES string of the molecule is CC.CCOC(=O)C1CC1CN1CCC(C)(C)CC1. The summed E-state index contributed by atoms with van der Waals surface area (Å²) in [6, 6.07) is 0. The van der Waals surface area contributed by atoms with Crippen LogP contribution in [0.2, 0.25) is 0 Å². The lowest BCUT2D eigenvalue weighted by Gasteiger charge is -2.37. The Morgan fingerprint density at radius 1 is 1.26 bits per heavy atom. The van der Waals surface area contributed by atoms with E-state index < -0.39 is 0 Å². The van der Waals surface area contributed by atoms with Gasteiger partial charge in [0.1, 0.15) is 0 Å². The zero-order chi connectivity index (χ0) is 14.5. The van der Waals surface area contributed by atoms with Gasteiger partial charge < -0.3 is 9.64 Å². The van der Waals surface area contributed by atoms with Gasteiger partial charge in [-0.3, -0.25) is 4.79 Å². The van der Waals surface area contributed by atoms with Gasteiger partial charge in [-0.25, -0.2) is 0 Å². The van der Waals surface area contributed by atoms with Crippen LogP contribution in [-0.4, -0.2) is 37.1 Å². The van der Waals surface area contributed by atoms with Crippen LogP contribution < -0.4 is 0 Å². The smallest absolute Gasteiger partial charge is 0.309 e. The Labute approximate surface area is 118 Å². The molecule has 1 heterocycles. The van der Waals surface area contributed by atoms with Crippen LogP contribution in [0.25, 0.3) is 0 Å². The number of esters is 1. The van der Waals surface area contributed by atoms with E-state index in [0.717, 1.165) is 13.0 Å². The molecule has 0 aromatic rings. The zero-order valence-corrected chi connectivity index (χ0v) is 13.4. The van der Waals surface area contributed by atoms with E-state index in [9.17, 15) is 4.79 Å². The number of piperidine rings is 1. The molecule has 0 aromatic heterocycles. The molecule has 1 aliphatic carbocycles. The first kappa shape index (κ1) is 16.5. The fourth-order valence-corrected chi connectivity index (χ4v) is 2.66. The Hall–Kier alpha value is -0.570. The average Bonchev–Trinajstić information content (AvgIpc) is 3.14. The molecule has 0 N–H and O–H groups in total. The molecular formula is C16H31NO2. The predicted octanol–water partition coefficient (Wildman–Crippen LogP) is 3.33. The molecule has 0 bridgehead atoms. The summed E-state index contributed by atoms with van der Waals surface area (Å²) in [6.45, 7) is 14.6. The molecule has 19 heavy (non-hydrogen) atoms. The lowest BCUT2D eigenvalue weighted by Crippen LogP contribution is -2.38. The van der Waals surface area contributed by atoms with E-state index in [1.165, 1.54) is 25.9 Å². The summed E-state index contributed by atoms with van der Waals surface area (Å²) < 4.78 is 5.06. The largest absolute Gasteiger partial charge is 0.466 e. The van der Waals surface area contributed by atoms with Crippen molar-refractivity contribution in [2.75, 3.05) is 26.2 Å². The van der Waals surface area contributed by atoms with Gasteiger partial charge in [-0.15, -0.1) is 0 Å². The summed E-state index contributed by atoms with van der Waals surface area (Å²) in [5, 5.41) is 0. The van der Waals surface area contributed by atoms with Crippen molar-refractivity contribution < 1.29 is 9.53 Å². The van der Waals surface area contributed by atoms with Crippen LogP contribution in [0.1, 0.15) is 53.9 Å². The van der Waals surface area contributed by atoms with Gasteiger partial charge in [0.2, 0.25) is 0 Å². The molecule has 112 valence electrons. The summed E-state index contributed by atoms with van der Waals surface area (Å²) in [5.41, 5.74) is 0.514. The Kier molecular flexibility index (Phi) is 6.31. The van der Waals surface area contributed by atoms with Crippen molar-refractivity contribution in [3.05, 3.63) is 0 Å². The molecule has 2 rings (SSSR count). The minimum Gasteiger partial charge on any atom is -0.466 e. The van der Waals surface area contributed by atoms with Gasteiger partial charge in [0.05, 0.1) is 12.5 Å². The van der Waals surface area contributed by atoms with Crippen molar-refractivity contribution in [1.29, 1.82) is 0 Å². The summed E-state index contributed by atoms with van der Waals surface area (Å²) in [6.07, 6.45) is 3.60. The maximum Gasteiger partial charge on any atom is 0.309 e. The third-order valence-corrected chi connectivity index (χ3v) is 4.21. The maximum absolute atomic E-state index is 11.5. The molecule has 2 fully saturated rings. The van der Waals surface area contributed by atoms with Crippen LogP contribution >= 0.6 is 0 Å². The van der Waals surface area contributed by atoms with Gasteiger partial charge in [-0.2, -0.15) is 0 Å². The molecule has 3 heteroatoms. The standard InChI is InChI=1S/C14H25NO2.C2H6/c1-4-17-13(16)12-9-11(12)10-15-7-5-14(2,3)6-8-15;1-2/h11-12H,4-10H2,1-3H3;1-2H3. The second-order valence-electron chi connectivity index (χ2n) is 6.32. The number of nitrogens with zero attached hydrogens (tertiary/aromatic N) is 1. The van der Waals surface area contributed by atoms with E-state index in [2.05, 4.69) is 18.7 Å². The van der Waals surface area contributed by atoms with Crippen molar-refractivity contribution in [2.45, 2.75) is 53.9 Å². The number of rotatable bonds is 4. The van der Waals surface area contributed by atoms with Crippen molar-refractivity contribution in [3.63, 3.8) is 0 Å². The molecule has 0 radical (unpaired) electrons. The fourth-order valence-electron chi connectivity index (χ4n) is 2.66. The van der Waals surface area contributed by atoms with E-state index in [4.69, 9.17) is 4.74 Å². The van der Waals surface area contributed by atoms with Crippen molar-refractivity contribution in [1.82, 2.24) is 4.90 Å². The van der Waals surface area contributed by atoms with Gasteiger partial charge in [0.25, 0.3) is 0 Å². The predicted molar refractivity (Wildman–Crippen MR) is 79.0 cm³/mol. The van der Waals surface area contributed by atoms with E-state index in [0.29, 0.717) is 17.9 Å². The molecule has 1 saturated heterocycles. The van der Waals surface area contributed by atoms with Crippen molar-refractivity contribution in [3.8, 4) is 0 Å². The van der Waals surface area contributed by atoms with Gasteiger partial charge in [-0.1, -0.05) is 27.7 Å². The molecule has 3 nitrogen and oxygen atoms in total. The van der Waals surface area contributed by atoms with E-state index in [1.54, 1.807) is 0 Å². The second-order valence-corrected chi connectivity index (χ2v) is 6.32. The minimum atomic E-state index is 0.0230. The number of hydrogen-bond acceptors (Lipinski definition) is 3. The van der Waals surface area contributed by atoms with Crippen LogP contribution in [0.4, 0.5) is 0 Å². The highest BCUT2D eigenvalue weighted by atomic mass is 16.5. The Morgan fingerprint density at radius 2 is 1.84 bits per heavy atom. The molecule has 2 atom stereocenters. The maximum atomic E-state index is 11.5. The zero-order valence-electron chi connectivity index (χ0n) is 13.4. The minimum absolute atomic E-state index is 0.0230. The summed E-state index contributed by atoms with van der Waals surface area (Å²) in [4.78, 5) is 14.0. The average molecular weight is 269 g/mol. The van der Waals surface area contributed by atoms with Crippen LogP contribution in [0, 0.1) is 17.3 Å². The van der Waals surface area contributed by atoms with Gasteiger partial charge in [0, 0.05) is 6.54 Å². The molecule has 2 unspecified atom stereocenters. The molecule has 1 aliphatic heterocycles. The first-order chi connectivity index (χ1) is 9.02. The monoisotopic (exact) mass is 269 g/mol. The van der Waals surface area contributed by atoms with Crippen molar-refractivity contribution in [2.24, 2.45) is 17.3 Å². The quantitative estimate of drug-likeness (QED) is 0.733. The Morgan fingerprint density at radius 3 is 2.37 bits per heavy atom. The van der Waals surface area contributed by atoms with Gasteiger partial charge >= 0.3 is 5.97 Å². The highest BCUT2D eigenvalue weighted by Crippen LogP contribution is 2.41. The number of carbonyl (C=O) groups is 1. The first-order valence-electron chi connectivity index (χ1n) is 7.91. The van der Waals surface area contributed by atoms with E-state index >= 15 is 0 Å². The molecular weight excluding hydrogens is 238 g/mol. The second kappa shape index (κ2) is 7.28. The first-order valence-corrected chi connectivity index (χ1v) is 7.91. The normalized spacial score (nSPS) is 29.1. The highest BCUT2D eigenvalue weighted by molar-refractivity contribution is 5.75. The molecule has 0 aromatic carbocycles. The van der Waals surface area contributed by atoms with Crippen LogP contribution in [0.15, 0.2) is 0 Å². The van der Waals surface area contributed by atoms with Gasteiger partial charge in [-0.05, 0) is 50.6 Å². The van der Waals surface area contributed by atoms with Crippen LogP contribution in [0.3, 0.4) is 0 Å². The summed E-state index contributed by atoms with van der Waals surface area (Å²) >= 11 is 0. The highest BCUT2D eigenvalue weighted by Gasteiger charge is 2.45. The Bertz CT molecular complexity index is 278. The summed E-state index contributed by atoms with van der Waals surface area (Å²) in [5.74, 6) is 0.787. The molecule has 2 aliphatic rings.